The predicted octanol–water partition coefficient (Wildman–Crippen LogP) is 4.64. The molecular weight excluding hydrogens is 384 g/mol. The van der Waals surface area contributed by atoms with Crippen LogP contribution in [0.15, 0.2) is 46.9 Å². The normalized spacial score (nSPS) is 12.2. The minimum absolute atomic E-state index is 0.628. The zero-order valence-corrected chi connectivity index (χ0v) is 19.4. The molecule has 160 valence electrons. The Balaban J connectivity index is 1.85. The summed E-state index contributed by atoms with van der Waals surface area (Å²) in [6.07, 6.45) is 7.02. The van der Waals surface area contributed by atoms with Gasteiger partial charge in [0, 0.05) is 31.0 Å². The highest BCUT2D eigenvalue weighted by molar-refractivity contribution is 6.60. The summed E-state index contributed by atoms with van der Waals surface area (Å²) in [6.45, 7) is 7.87. The van der Waals surface area contributed by atoms with Gasteiger partial charge in [0.05, 0.1) is 26.5 Å². The number of azo groups is 1. The van der Waals surface area contributed by atoms with E-state index in [0.717, 1.165) is 36.9 Å². The van der Waals surface area contributed by atoms with E-state index in [4.69, 9.17) is 13.3 Å². The van der Waals surface area contributed by atoms with Gasteiger partial charge in [-0.2, -0.15) is 0 Å². The van der Waals surface area contributed by atoms with Gasteiger partial charge in [-0.15, -0.1) is 0 Å². The van der Waals surface area contributed by atoms with Crippen molar-refractivity contribution in [1.82, 2.24) is 4.57 Å². The Morgan fingerprint density at radius 1 is 0.931 bits per heavy atom. The highest BCUT2D eigenvalue weighted by Crippen LogP contribution is 2.21. The Kier molecular flexibility index (Phi) is 9.66. The van der Waals surface area contributed by atoms with E-state index in [-0.39, 0.29) is 0 Å². The molecule has 7 nitrogen and oxygen atoms in total. The smallest absolute Gasteiger partial charge is 0.374 e. The molecule has 8 heteroatoms. The lowest BCUT2D eigenvalue weighted by Crippen LogP contribution is -2.45. The van der Waals surface area contributed by atoms with Crippen molar-refractivity contribution < 1.29 is 17.8 Å². The second-order valence-electron chi connectivity index (χ2n) is 6.88. The van der Waals surface area contributed by atoms with Crippen LogP contribution in [-0.4, -0.2) is 33.2 Å². The molecule has 0 unspecified atom stereocenters. The van der Waals surface area contributed by atoms with Gasteiger partial charge in [0.15, 0.2) is 0 Å². The third kappa shape index (κ3) is 7.15. The number of benzene rings is 1. The summed E-state index contributed by atoms with van der Waals surface area (Å²) >= 11 is 0. The average Bonchev–Trinajstić information content (AvgIpc) is 3.03. The Morgan fingerprint density at radius 2 is 1.55 bits per heavy atom. The molecule has 2 rings (SSSR count). The zero-order chi connectivity index (χ0) is 21.1. The average molecular weight is 420 g/mol. The number of rotatable bonds is 13. The predicted molar refractivity (Wildman–Crippen MR) is 116 cm³/mol. The second kappa shape index (κ2) is 12.0. The van der Waals surface area contributed by atoms with Crippen LogP contribution in [0.25, 0.3) is 0 Å². The summed E-state index contributed by atoms with van der Waals surface area (Å²) in [5, 5.41) is 8.67. The highest BCUT2D eigenvalue weighted by atomic mass is 28.4. The first-order valence-corrected chi connectivity index (χ1v) is 12.4. The van der Waals surface area contributed by atoms with E-state index in [1.807, 2.05) is 68.5 Å². The Labute approximate surface area is 175 Å². The molecule has 0 aliphatic rings. The lowest BCUT2D eigenvalue weighted by atomic mass is 10.1. The van der Waals surface area contributed by atoms with Crippen molar-refractivity contribution in [3.63, 3.8) is 0 Å². The Morgan fingerprint density at radius 3 is 2.07 bits per heavy atom. The van der Waals surface area contributed by atoms with E-state index >= 15 is 0 Å². The van der Waals surface area contributed by atoms with Crippen LogP contribution in [0.5, 0.6) is 0 Å². The number of hydrogen-bond acceptors (Lipinski definition) is 5. The minimum Gasteiger partial charge on any atom is -0.374 e. The molecular formula is C21H35N4O3Si+. The fraction of sp³-hybridized carbons (Fsp3) is 0.571. The maximum absolute atomic E-state index is 5.92. The monoisotopic (exact) mass is 419 g/mol. The number of hydrogen-bond donors (Lipinski definition) is 0. The summed E-state index contributed by atoms with van der Waals surface area (Å²) in [6, 6.07) is 9.14. The summed E-state index contributed by atoms with van der Waals surface area (Å²) in [5.41, 5.74) is 2.15. The lowest BCUT2D eigenvalue weighted by Gasteiger charge is -2.28. The first-order chi connectivity index (χ1) is 14.0. The largest absolute Gasteiger partial charge is 0.500 e. The maximum atomic E-state index is 5.92. The molecule has 0 radical (unpaired) electrons. The zero-order valence-electron chi connectivity index (χ0n) is 18.4. The van der Waals surface area contributed by atoms with E-state index in [0.29, 0.717) is 19.8 Å². The van der Waals surface area contributed by atoms with Crippen molar-refractivity contribution in [2.75, 3.05) is 19.8 Å². The molecule has 1 aromatic heterocycles. The highest BCUT2D eigenvalue weighted by Gasteiger charge is 2.39. The quantitative estimate of drug-likeness (QED) is 0.206. The minimum atomic E-state index is -2.52. The lowest BCUT2D eigenvalue weighted by molar-refractivity contribution is -0.657. The van der Waals surface area contributed by atoms with Gasteiger partial charge in [-0.1, -0.05) is 17.2 Å². The van der Waals surface area contributed by atoms with Crippen LogP contribution in [0.2, 0.25) is 6.04 Å². The van der Waals surface area contributed by atoms with Crippen molar-refractivity contribution in [3.05, 3.63) is 42.2 Å². The van der Waals surface area contributed by atoms with Crippen LogP contribution in [0.1, 0.15) is 39.2 Å². The van der Waals surface area contributed by atoms with Gasteiger partial charge < -0.3 is 13.3 Å². The van der Waals surface area contributed by atoms with Crippen molar-refractivity contribution in [3.8, 4) is 0 Å². The fourth-order valence-corrected chi connectivity index (χ4v) is 5.91. The molecule has 2 aromatic rings. The number of imidazole rings is 1. The fourth-order valence-electron chi connectivity index (χ4n) is 3.23. The van der Waals surface area contributed by atoms with Crippen molar-refractivity contribution in [2.24, 2.45) is 24.3 Å². The van der Waals surface area contributed by atoms with E-state index in [2.05, 4.69) is 22.4 Å². The van der Waals surface area contributed by atoms with E-state index in [9.17, 15) is 0 Å². The molecule has 0 aliphatic heterocycles. The Hall–Kier alpha value is -1.87. The van der Waals surface area contributed by atoms with Crippen LogP contribution >= 0.6 is 0 Å². The van der Waals surface area contributed by atoms with Gasteiger partial charge in [0.25, 0.3) is 0 Å². The molecule has 0 aliphatic carbocycles. The van der Waals surface area contributed by atoms with Crippen molar-refractivity contribution >= 4 is 20.4 Å². The first kappa shape index (κ1) is 23.4. The van der Waals surface area contributed by atoms with E-state index in [1.54, 1.807) is 0 Å². The van der Waals surface area contributed by atoms with Crippen LogP contribution in [0, 0.1) is 0 Å². The van der Waals surface area contributed by atoms with Gasteiger partial charge >= 0.3 is 14.8 Å². The Bertz CT molecular complexity index is 725. The standard InChI is InChI=1S/C21H35N4O3Si/c1-6-26-29(27-7-2,28-8-3)18-10-9-11-19-12-14-20(15-13-19)22-23-21-24(4)16-17-25(21)5/h12-17H,6-11,18H2,1-5H3/q+1. The number of unbranched alkanes of at least 4 members (excludes halogenated alkanes) is 1. The number of nitrogens with zero attached hydrogens (tertiary/aromatic N) is 4. The molecule has 0 saturated heterocycles. The van der Waals surface area contributed by atoms with Crippen molar-refractivity contribution in [2.45, 2.75) is 46.1 Å². The van der Waals surface area contributed by atoms with Gasteiger partial charge in [-0.25, -0.2) is 9.13 Å². The van der Waals surface area contributed by atoms with Crippen molar-refractivity contribution in [1.29, 1.82) is 0 Å². The summed E-state index contributed by atoms with van der Waals surface area (Å²) in [7, 11) is 1.39. The third-order valence-electron chi connectivity index (χ3n) is 4.63. The van der Waals surface area contributed by atoms with Gasteiger partial charge in [0.2, 0.25) is 0 Å². The van der Waals surface area contributed by atoms with Crippen LogP contribution in [0.4, 0.5) is 11.6 Å². The summed E-state index contributed by atoms with van der Waals surface area (Å²) in [5.74, 6) is 0.805. The number of aromatic nitrogens is 2. The molecule has 1 heterocycles. The molecule has 1 aromatic carbocycles. The molecule has 0 saturated carbocycles. The molecule has 0 bridgehead atoms. The number of aryl methyl sites for hydroxylation is 3. The van der Waals surface area contributed by atoms with Crippen LogP contribution in [-0.2, 0) is 33.8 Å². The second-order valence-corrected chi connectivity index (χ2v) is 9.61. The molecule has 0 amide bonds. The molecule has 0 atom stereocenters. The third-order valence-corrected chi connectivity index (χ3v) is 7.78. The molecule has 0 N–H and O–H groups in total. The first-order valence-electron chi connectivity index (χ1n) is 10.5. The molecule has 0 fully saturated rings. The van der Waals surface area contributed by atoms with E-state index < -0.39 is 8.80 Å². The van der Waals surface area contributed by atoms with E-state index in [1.165, 1.54) is 5.56 Å². The SMILES string of the molecule is CCO[Si](CCCCc1ccc(N=Nc2n(C)cc[n+]2C)cc1)(OCC)OCC. The summed E-state index contributed by atoms with van der Waals surface area (Å²) in [4.78, 5) is 0. The maximum Gasteiger partial charge on any atom is 0.500 e. The molecule has 29 heavy (non-hydrogen) atoms. The molecule has 0 spiro atoms. The van der Waals surface area contributed by atoms with Crippen LogP contribution < -0.4 is 4.57 Å². The van der Waals surface area contributed by atoms with Gasteiger partial charge in [-0.05, 0) is 57.7 Å². The van der Waals surface area contributed by atoms with Crippen LogP contribution in [0.3, 0.4) is 0 Å². The summed E-state index contributed by atoms with van der Waals surface area (Å²) < 4.78 is 21.6. The van der Waals surface area contributed by atoms with Gasteiger partial charge in [0.1, 0.15) is 5.69 Å². The topological polar surface area (TPSA) is 61.2 Å². The van der Waals surface area contributed by atoms with Gasteiger partial charge in [-0.3, -0.25) is 0 Å².